The van der Waals surface area contributed by atoms with Crippen molar-refractivity contribution in [3.63, 3.8) is 0 Å². The standard InChI is InChI=1S/C22H21BrF3N3O4S/c23-17-6-5-16(34-17)19(31)28-21(7-1-2-8-21)20(32)27-13-3-4-15(14(11-13)22(24,25)26)29-9-10-33-12-18(29)30/h3-6,11H,1-2,7-10,12H2,(H,27,32)(H,28,31). The molecule has 2 aromatic rings. The fourth-order valence-corrected chi connectivity index (χ4v) is 5.48. The topological polar surface area (TPSA) is 87.7 Å². The number of halogens is 4. The van der Waals surface area contributed by atoms with Crippen molar-refractivity contribution in [2.75, 3.05) is 30.0 Å². The summed E-state index contributed by atoms with van der Waals surface area (Å²) >= 11 is 4.52. The van der Waals surface area contributed by atoms with Crippen LogP contribution in [0.2, 0.25) is 0 Å². The van der Waals surface area contributed by atoms with E-state index in [4.69, 9.17) is 4.74 Å². The normalized spacial score (nSPS) is 18.1. The largest absolute Gasteiger partial charge is 0.418 e. The lowest BCUT2D eigenvalue weighted by atomic mass is 9.95. The molecule has 0 radical (unpaired) electrons. The molecule has 2 heterocycles. The Labute approximate surface area is 205 Å². The zero-order chi connectivity index (χ0) is 24.5. The van der Waals surface area contributed by atoms with Crippen LogP contribution in [0.4, 0.5) is 24.5 Å². The van der Waals surface area contributed by atoms with Crippen LogP contribution in [0, 0.1) is 0 Å². The third-order valence-corrected chi connectivity index (χ3v) is 7.50. The van der Waals surface area contributed by atoms with Gasteiger partial charge in [-0.3, -0.25) is 14.4 Å². The van der Waals surface area contributed by atoms with Crippen LogP contribution in [-0.2, 0) is 20.5 Å². The van der Waals surface area contributed by atoms with E-state index in [1.807, 2.05) is 0 Å². The van der Waals surface area contributed by atoms with E-state index < -0.39 is 35.0 Å². The molecule has 1 aliphatic heterocycles. The number of carbonyl (C=O) groups is 3. The number of nitrogens with zero attached hydrogens (tertiary/aromatic N) is 1. The Bertz CT molecular complexity index is 1120. The van der Waals surface area contributed by atoms with E-state index in [9.17, 15) is 27.6 Å². The molecule has 4 rings (SSSR count). The molecule has 0 unspecified atom stereocenters. The summed E-state index contributed by atoms with van der Waals surface area (Å²) in [4.78, 5) is 39.5. The van der Waals surface area contributed by atoms with Gasteiger partial charge in [-0.2, -0.15) is 13.2 Å². The minimum Gasteiger partial charge on any atom is -0.370 e. The summed E-state index contributed by atoms with van der Waals surface area (Å²) in [5.41, 5.74) is -2.61. The van der Waals surface area contributed by atoms with Crippen LogP contribution in [0.25, 0.3) is 0 Å². The highest BCUT2D eigenvalue weighted by Gasteiger charge is 2.43. The average molecular weight is 560 g/mol. The number of morpholine rings is 1. The zero-order valence-electron chi connectivity index (χ0n) is 17.8. The van der Waals surface area contributed by atoms with Gasteiger partial charge in [0.25, 0.3) is 11.8 Å². The van der Waals surface area contributed by atoms with Crippen LogP contribution < -0.4 is 15.5 Å². The molecule has 2 aliphatic rings. The van der Waals surface area contributed by atoms with Gasteiger partial charge in [-0.15, -0.1) is 11.3 Å². The van der Waals surface area contributed by atoms with Crippen LogP contribution in [-0.4, -0.2) is 43.0 Å². The molecule has 2 fully saturated rings. The number of rotatable bonds is 5. The Morgan fingerprint density at radius 1 is 1.15 bits per heavy atom. The van der Waals surface area contributed by atoms with Crippen molar-refractivity contribution in [1.82, 2.24) is 5.32 Å². The number of nitrogens with one attached hydrogen (secondary N) is 2. The molecular formula is C22H21BrF3N3O4S. The van der Waals surface area contributed by atoms with Gasteiger partial charge in [-0.25, -0.2) is 0 Å². The van der Waals surface area contributed by atoms with Gasteiger partial charge >= 0.3 is 6.18 Å². The molecule has 3 amide bonds. The summed E-state index contributed by atoms with van der Waals surface area (Å²) < 4.78 is 47.3. The third-order valence-electron chi connectivity index (χ3n) is 5.88. The highest BCUT2D eigenvalue weighted by Crippen LogP contribution is 2.39. The molecule has 0 atom stereocenters. The van der Waals surface area contributed by atoms with Crippen LogP contribution >= 0.6 is 27.3 Å². The van der Waals surface area contributed by atoms with Crippen LogP contribution in [0.1, 0.15) is 40.9 Å². The van der Waals surface area contributed by atoms with E-state index in [1.165, 1.54) is 23.5 Å². The number of anilines is 2. The molecule has 0 spiro atoms. The van der Waals surface area contributed by atoms with E-state index >= 15 is 0 Å². The summed E-state index contributed by atoms with van der Waals surface area (Å²) in [5.74, 6) is -1.55. The quantitative estimate of drug-likeness (QED) is 0.561. The minimum absolute atomic E-state index is 0.00158. The van der Waals surface area contributed by atoms with Gasteiger partial charge in [0.1, 0.15) is 12.1 Å². The van der Waals surface area contributed by atoms with Gasteiger partial charge < -0.3 is 20.3 Å². The first-order chi connectivity index (χ1) is 16.1. The highest BCUT2D eigenvalue weighted by atomic mass is 79.9. The first-order valence-corrected chi connectivity index (χ1v) is 12.2. The van der Waals surface area contributed by atoms with Gasteiger partial charge in [0.15, 0.2) is 0 Å². The van der Waals surface area contributed by atoms with Gasteiger partial charge in [0, 0.05) is 12.2 Å². The Kier molecular flexibility index (Phi) is 7.02. The average Bonchev–Trinajstić information content (AvgIpc) is 3.43. The Morgan fingerprint density at radius 3 is 2.50 bits per heavy atom. The lowest BCUT2D eigenvalue weighted by Crippen LogP contribution is -2.54. The molecule has 7 nitrogen and oxygen atoms in total. The second kappa shape index (κ2) is 9.67. The Hall–Kier alpha value is -2.44. The fraction of sp³-hybridized carbons (Fsp3) is 0.409. The van der Waals surface area contributed by atoms with Crippen molar-refractivity contribution in [2.24, 2.45) is 0 Å². The van der Waals surface area contributed by atoms with Gasteiger partial charge in [-0.05, 0) is 59.1 Å². The number of hydrogen-bond acceptors (Lipinski definition) is 5. The number of alkyl halides is 3. The number of benzene rings is 1. The van der Waals surface area contributed by atoms with E-state index in [0.717, 1.165) is 14.8 Å². The maximum absolute atomic E-state index is 13.8. The lowest BCUT2D eigenvalue weighted by molar-refractivity contribution is -0.137. The van der Waals surface area contributed by atoms with Crippen molar-refractivity contribution in [3.05, 3.63) is 44.6 Å². The monoisotopic (exact) mass is 559 g/mol. The smallest absolute Gasteiger partial charge is 0.370 e. The van der Waals surface area contributed by atoms with E-state index in [-0.39, 0.29) is 31.1 Å². The number of thiophene rings is 1. The molecular weight excluding hydrogens is 539 g/mol. The van der Waals surface area contributed by atoms with Crippen LogP contribution in [0.5, 0.6) is 0 Å². The predicted molar refractivity (Wildman–Crippen MR) is 124 cm³/mol. The SMILES string of the molecule is O=C(NC1(C(=O)Nc2ccc(N3CCOCC3=O)c(C(F)(F)F)c2)CCCC1)c1ccc(Br)s1. The molecule has 12 heteroatoms. The summed E-state index contributed by atoms with van der Waals surface area (Å²) in [6.07, 6.45) is -2.59. The van der Waals surface area contributed by atoms with E-state index in [0.29, 0.717) is 30.6 Å². The number of amides is 3. The summed E-state index contributed by atoms with van der Waals surface area (Å²) in [5, 5.41) is 5.36. The molecule has 2 N–H and O–H groups in total. The fourth-order valence-electron chi connectivity index (χ4n) is 4.20. The maximum Gasteiger partial charge on any atom is 0.418 e. The van der Waals surface area contributed by atoms with Crippen LogP contribution in [0.15, 0.2) is 34.1 Å². The summed E-state index contributed by atoms with van der Waals surface area (Å²) in [6, 6.07) is 6.67. The first-order valence-electron chi connectivity index (χ1n) is 10.6. The maximum atomic E-state index is 13.8. The highest BCUT2D eigenvalue weighted by molar-refractivity contribution is 9.11. The molecule has 1 saturated carbocycles. The minimum atomic E-state index is -4.75. The Balaban J connectivity index is 1.58. The van der Waals surface area contributed by atoms with Gasteiger partial charge in [0.2, 0.25) is 5.91 Å². The van der Waals surface area contributed by atoms with Gasteiger partial charge in [-0.1, -0.05) is 12.8 Å². The van der Waals surface area contributed by atoms with Crippen molar-refractivity contribution in [3.8, 4) is 0 Å². The Morgan fingerprint density at radius 2 is 1.88 bits per heavy atom. The molecule has 34 heavy (non-hydrogen) atoms. The lowest BCUT2D eigenvalue weighted by Gasteiger charge is -2.30. The molecule has 0 bridgehead atoms. The first kappa shape index (κ1) is 24.7. The van der Waals surface area contributed by atoms with Crippen molar-refractivity contribution < 1.29 is 32.3 Å². The summed E-state index contributed by atoms with van der Waals surface area (Å²) in [7, 11) is 0. The van der Waals surface area contributed by atoms with Crippen LogP contribution in [0.3, 0.4) is 0 Å². The molecule has 1 aliphatic carbocycles. The molecule has 1 aromatic carbocycles. The third kappa shape index (κ3) is 5.13. The number of hydrogen-bond donors (Lipinski definition) is 2. The predicted octanol–water partition coefficient (Wildman–Crippen LogP) is 4.57. The van der Waals surface area contributed by atoms with Crippen molar-refractivity contribution >= 4 is 56.4 Å². The van der Waals surface area contributed by atoms with E-state index in [2.05, 4.69) is 26.6 Å². The molecule has 1 saturated heterocycles. The number of carbonyl (C=O) groups excluding carboxylic acids is 3. The second-order valence-corrected chi connectivity index (χ2v) is 10.6. The second-order valence-electron chi connectivity index (χ2n) is 8.13. The summed E-state index contributed by atoms with van der Waals surface area (Å²) in [6.45, 7) is -0.162. The van der Waals surface area contributed by atoms with Crippen molar-refractivity contribution in [1.29, 1.82) is 0 Å². The van der Waals surface area contributed by atoms with E-state index in [1.54, 1.807) is 12.1 Å². The van der Waals surface area contributed by atoms with Crippen molar-refractivity contribution in [2.45, 2.75) is 37.4 Å². The number of ether oxygens (including phenoxy) is 1. The molecule has 182 valence electrons. The van der Waals surface area contributed by atoms with Gasteiger partial charge in [0.05, 0.1) is 26.5 Å². The molecule has 1 aromatic heterocycles. The zero-order valence-corrected chi connectivity index (χ0v) is 20.2.